The maximum absolute atomic E-state index is 13.6. The van der Waals surface area contributed by atoms with Crippen LogP contribution in [0.25, 0.3) is 21.7 Å². The summed E-state index contributed by atoms with van der Waals surface area (Å²) in [5.41, 5.74) is 7.17. The zero-order valence-corrected chi connectivity index (χ0v) is 17.4. The van der Waals surface area contributed by atoms with Crippen molar-refractivity contribution in [2.75, 3.05) is 5.75 Å². The van der Waals surface area contributed by atoms with Crippen LogP contribution >= 0.6 is 23.1 Å². The fraction of sp³-hybridized carbons (Fsp3) is 0.300. The second-order valence-electron chi connectivity index (χ2n) is 7.38. The highest BCUT2D eigenvalue weighted by atomic mass is 32.2. The Morgan fingerprint density at radius 3 is 2.86 bits per heavy atom. The lowest BCUT2D eigenvalue weighted by molar-refractivity contribution is -0.115. The van der Waals surface area contributed by atoms with E-state index in [2.05, 4.69) is 17.1 Å². The van der Waals surface area contributed by atoms with E-state index in [0.29, 0.717) is 16.9 Å². The Labute approximate surface area is 174 Å². The highest BCUT2D eigenvalue weighted by Gasteiger charge is 2.27. The van der Waals surface area contributed by atoms with Gasteiger partial charge in [0.25, 0.3) is 5.56 Å². The average molecular weight is 426 g/mol. The molecule has 2 N–H and O–H groups in total. The smallest absolute Gasteiger partial charge is 0.268 e. The van der Waals surface area contributed by atoms with Crippen molar-refractivity contribution >= 4 is 45.0 Å². The minimum Gasteiger partial charge on any atom is -0.369 e. The molecule has 0 spiro atoms. The first-order chi connectivity index (χ1) is 14.0. The number of nitrogens with zero attached hydrogens (tertiary/aromatic N) is 4. The summed E-state index contributed by atoms with van der Waals surface area (Å²) in [6.45, 7) is 2.25. The third-order valence-corrected chi connectivity index (χ3v) is 7.48. The molecule has 1 amide bonds. The van der Waals surface area contributed by atoms with Crippen molar-refractivity contribution in [2.24, 2.45) is 11.7 Å². The van der Waals surface area contributed by atoms with E-state index < -0.39 is 5.91 Å². The minimum atomic E-state index is -0.418. The summed E-state index contributed by atoms with van der Waals surface area (Å²) in [6, 6.07) is 9.48. The van der Waals surface area contributed by atoms with Crippen LogP contribution in [0.3, 0.4) is 0 Å². The Kier molecular flexibility index (Phi) is 4.44. The van der Waals surface area contributed by atoms with Gasteiger partial charge in [0, 0.05) is 4.88 Å². The normalized spacial score (nSPS) is 16.4. The zero-order chi connectivity index (χ0) is 20.1. The Balaban J connectivity index is 1.88. The molecule has 1 atom stereocenters. The highest BCUT2D eigenvalue weighted by molar-refractivity contribution is 7.99. The molecule has 0 aliphatic heterocycles. The fourth-order valence-corrected chi connectivity index (χ4v) is 6.17. The van der Waals surface area contributed by atoms with E-state index in [9.17, 15) is 9.59 Å². The third-order valence-electron chi connectivity index (χ3n) is 5.29. The van der Waals surface area contributed by atoms with E-state index in [0.717, 1.165) is 40.7 Å². The molecule has 3 heterocycles. The van der Waals surface area contributed by atoms with Crippen molar-refractivity contribution < 1.29 is 4.79 Å². The molecule has 29 heavy (non-hydrogen) atoms. The molecule has 4 aromatic rings. The van der Waals surface area contributed by atoms with Crippen LogP contribution in [0.1, 0.15) is 23.8 Å². The van der Waals surface area contributed by atoms with Crippen LogP contribution in [0.2, 0.25) is 0 Å². The Morgan fingerprint density at radius 1 is 1.31 bits per heavy atom. The number of para-hydroxylation sites is 1. The molecule has 5 rings (SSSR count). The molecule has 0 fully saturated rings. The molecule has 9 heteroatoms. The van der Waals surface area contributed by atoms with Crippen molar-refractivity contribution in [1.82, 2.24) is 19.2 Å². The molecule has 7 nitrogen and oxygen atoms in total. The van der Waals surface area contributed by atoms with Gasteiger partial charge in [-0.2, -0.15) is 0 Å². The van der Waals surface area contributed by atoms with Gasteiger partial charge in [-0.3, -0.25) is 9.59 Å². The van der Waals surface area contributed by atoms with E-state index in [1.807, 2.05) is 34.7 Å². The first-order valence-electron chi connectivity index (χ1n) is 9.45. The van der Waals surface area contributed by atoms with Gasteiger partial charge in [0.2, 0.25) is 11.7 Å². The SMILES string of the molecule is CC1CCc2c(sc3c2c(=O)n(-c2ccccc2)c2nnc(SCC(N)=O)n32)C1. The highest BCUT2D eigenvalue weighted by Crippen LogP contribution is 2.38. The number of carbonyl (C=O) groups is 1. The van der Waals surface area contributed by atoms with Crippen LogP contribution in [-0.2, 0) is 17.6 Å². The summed E-state index contributed by atoms with van der Waals surface area (Å²) in [6.07, 6.45) is 2.96. The summed E-state index contributed by atoms with van der Waals surface area (Å²) in [5, 5.41) is 9.91. The number of amides is 1. The standard InChI is InChI=1S/C20H19N5O2S2/c1-11-7-8-13-14(9-11)29-18-16(13)17(27)24(12-5-3-2-4-6-12)19-22-23-20(25(18)19)28-10-15(21)26/h2-6,11H,7-10H2,1H3,(H2,21,26). The quantitative estimate of drug-likeness (QED) is 0.507. The van der Waals surface area contributed by atoms with Crippen LogP contribution in [0.5, 0.6) is 0 Å². The molecular weight excluding hydrogens is 406 g/mol. The van der Waals surface area contributed by atoms with Crippen LogP contribution in [-0.4, -0.2) is 30.8 Å². The number of aryl methyl sites for hydroxylation is 1. The van der Waals surface area contributed by atoms with Crippen LogP contribution < -0.4 is 11.3 Å². The van der Waals surface area contributed by atoms with Gasteiger partial charge < -0.3 is 5.73 Å². The molecular formula is C20H19N5O2S2. The van der Waals surface area contributed by atoms with Gasteiger partial charge in [0.05, 0.1) is 16.8 Å². The number of primary amides is 1. The van der Waals surface area contributed by atoms with Crippen molar-refractivity contribution in [3.05, 3.63) is 51.1 Å². The van der Waals surface area contributed by atoms with Gasteiger partial charge >= 0.3 is 0 Å². The van der Waals surface area contributed by atoms with Crippen LogP contribution in [0, 0.1) is 5.92 Å². The van der Waals surface area contributed by atoms with Gasteiger partial charge in [-0.25, -0.2) is 8.97 Å². The maximum atomic E-state index is 13.6. The van der Waals surface area contributed by atoms with Crippen LogP contribution in [0.4, 0.5) is 0 Å². The van der Waals surface area contributed by atoms with Crippen molar-refractivity contribution in [1.29, 1.82) is 0 Å². The molecule has 0 radical (unpaired) electrons. The largest absolute Gasteiger partial charge is 0.369 e. The first-order valence-corrected chi connectivity index (χ1v) is 11.3. The van der Waals surface area contributed by atoms with E-state index in [4.69, 9.17) is 5.73 Å². The van der Waals surface area contributed by atoms with Gasteiger partial charge in [0.1, 0.15) is 4.83 Å². The molecule has 148 valence electrons. The van der Waals surface area contributed by atoms with E-state index >= 15 is 0 Å². The lowest BCUT2D eigenvalue weighted by Crippen LogP contribution is -2.22. The Morgan fingerprint density at radius 2 is 2.10 bits per heavy atom. The number of carbonyl (C=O) groups excluding carboxylic acids is 1. The lowest BCUT2D eigenvalue weighted by atomic mass is 9.89. The monoisotopic (exact) mass is 425 g/mol. The number of hydrogen-bond donors (Lipinski definition) is 1. The molecule has 1 aromatic carbocycles. The Bertz CT molecular complexity index is 1310. The Hall–Kier alpha value is -2.65. The molecule has 1 aliphatic carbocycles. The number of aromatic nitrogens is 4. The van der Waals surface area contributed by atoms with E-state index in [1.54, 1.807) is 15.9 Å². The van der Waals surface area contributed by atoms with E-state index in [1.165, 1.54) is 16.6 Å². The number of rotatable bonds is 4. The summed E-state index contributed by atoms with van der Waals surface area (Å²) in [5.74, 6) is 0.743. The zero-order valence-electron chi connectivity index (χ0n) is 15.8. The van der Waals surface area contributed by atoms with Gasteiger partial charge in [-0.1, -0.05) is 36.9 Å². The number of hydrogen-bond acceptors (Lipinski definition) is 6. The number of nitrogens with two attached hydrogens (primary N) is 1. The second kappa shape index (κ2) is 7.00. The topological polar surface area (TPSA) is 95.3 Å². The predicted molar refractivity (Wildman–Crippen MR) is 115 cm³/mol. The number of fused-ring (bicyclic) bond motifs is 5. The fourth-order valence-electron chi connectivity index (χ4n) is 3.94. The summed E-state index contributed by atoms with van der Waals surface area (Å²) < 4.78 is 3.53. The van der Waals surface area contributed by atoms with Crippen molar-refractivity contribution in [2.45, 2.75) is 31.3 Å². The molecule has 3 aromatic heterocycles. The van der Waals surface area contributed by atoms with Crippen LogP contribution in [0.15, 0.2) is 40.3 Å². The first kappa shape index (κ1) is 18.4. The molecule has 0 saturated carbocycles. The predicted octanol–water partition coefficient (Wildman–Crippen LogP) is 2.80. The number of thioether (sulfide) groups is 1. The third kappa shape index (κ3) is 2.96. The summed E-state index contributed by atoms with van der Waals surface area (Å²) in [4.78, 5) is 27.1. The van der Waals surface area contributed by atoms with Gasteiger partial charge in [-0.15, -0.1) is 21.5 Å². The molecule has 0 saturated heterocycles. The number of benzene rings is 1. The van der Waals surface area contributed by atoms with E-state index in [-0.39, 0.29) is 11.3 Å². The maximum Gasteiger partial charge on any atom is 0.268 e. The van der Waals surface area contributed by atoms with Crippen molar-refractivity contribution in [3.8, 4) is 5.69 Å². The summed E-state index contributed by atoms with van der Waals surface area (Å²) >= 11 is 2.89. The lowest BCUT2D eigenvalue weighted by Gasteiger charge is -2.17. The minimum absolute atomic E-state index is 0.0652. The molecule has 1 unspecified atom stereocenters. The second-order valence-corrected chi connectivity index (χ2v) is 9.41. The molecule has 1 aliphatic rings. The molecule has 0 bridgehead atoms. The van der Waals surface area contributed by atoms with Crippen molar-refractivity contribution in [3.63, 3.8) is 0 Å². The average Bonchev–Trinajstić information content (AvgIpc) is 3.28. The van der Waals surface area contributed by atoms with Gasteiger partial charge in [0.15, 0.2) is 5.16 Å². The number of thiophene rings is 1. The summed E-state index contributed by atoms with van der Waals surface area (Å²) in [7, 11) is 0. The van der Waals surface area contributed by atoms with Gasteiger partial charge in [-0.05, 0) is 42.9 Å².